The second-order valence-corrected chi connectivity index (χ2v) is 5.10. The van der Waals surface area contributed by atoms with Crippen molar-refractivity contribution in [2.75, 3.05) is 31.7 Å². The van der Waals surface area contributed by atoms with Gasteiger partial charge in [0, 0.05) is 19.7 Å². The Labute approximate surface area is 126 Å². The van der Waals surface area contributed by atoms with Gasteiger partial charge in [-0.3, -0.25) is 4.79 Å². The van der Waals surface area contributed by atoms with E-state index in [-0.39, 0.29) is 23.9 Å². The van der Waals surface area contributed by atoms with Crippen LogP contribution in [0.3, 0.4) is 0 Å². The van der Waals surface area contributed by atoms with E-state index in [0.717, 1.165) is 31.6 Å². The minimum atomic E-state index is -0.229. The minimum Gasteiger partial charge on any atom is -0.382 e. The number of benzene rings is 1. The van der Waals surface area contributed by atoms with Crippen LogP contribution in [0.4, 0.5) is 5.69 Å². The van der Waals surface area contributed by atoms with Crippen LogP contribution in [-0.2, 0) is 9.53 Å². The first-order chi connectivity index (χ1) is 9.19. The van der Waals surface area contributed by atoms with Gasteiger partial charge in [-0.05, 0) is 38.1 Å². The number of carbonyl (C=O) groups excluding carboxylic acids is 1. The Morgan fingerprint density at radius 2 is 1.90 bits per heavy atom. The molecule has 5 heteroatoms. The third kappa shape index (κ3) is 3.51. The molecule has 1 N–H and O–H groups in total. The van der Waals surface area contributed by atoms with Gasteiger partial charge in [0.25, 0.3) is 0 Å². The van der Waals surface area contributed by atoms with Crippen LogP contribution in [-0.4, -0.2) is 38.3 Å². The van der Waals surface area contributed by atoms with Gasteiger partial charge in [-0.1, -0.05) is 18.2 Å². The fourth-order valence-corrected chi connectivity index (χ4v) is 2.96. The molecule has 0 radical (unpaired) electrons. The zero-order valence-electron chi connectivity index (χ0n) is 12.1. The largest absolute Gasteiger partial charge is 0.382 e. The fraction of sp³-hybridized carbons (Fsp3) is 0.533. The highest BCUT2D eigenvalue weighted by atomic mass is 35.5. The van der Waals surface area contributed by atoms with Crippen molar-refractivity contribution >= 4 is 24.0 Å². The maximum atomic E-state index is 12.2. The Morgan fingerprint density at radius 3 is 2.40 bits per heavy atom. The predicted octanol–water partition coefficient (Wildman–Crippen LogP) is 2.23. The number of methoxy groups -OCH3 is 1. The first-order valence-electron chi connectivity index (χ1n) is 6.75. The lowest BCUT2D eigenvalue weighted by Crippen LogP contribution is -2.59. The highest BCUT2D eigenvalue weighted by molar-refractivity contribution is 5.93. The average Bonchev–Trinajstić information content (AvgIpc) is 2.41. The van der Waals surface area contributed by atoms with Gasteiger partial charge in [-0.25, -0.2) is 0 Å². The lowest BCUT2D eigenvalue weighted by Gasteiger charge is -2.45. The number of ether oxygens (including phenoxy) is 1. The van der Waals surface area contributed by atoms with Crippen molar-refractivity contribution in [3.8, 4) is 0 Å². The maximum absolute atomic E-state index is 12.2. The molecule has 0 bridgehead atoms. The Bertz CT molecular complexity index is 414. The van der Waals surface area contributed by atoms with Crippen LogP contribution in [0.15, 0.2) is 30.3 Å². The molecule has 1 amide bonds. The van der Waals surface area contributed by atoms with E-state index in [1.807, 2.05) is 35.2 Å². The van der Waals surface area contributed by atoms with E-state index in [0.29, 0.717) is 6.61 Å². The fourth-order valence-electron chi connectivity index (χ4n) is 2.96. The molecule has 0 atom stereocenters. The number of piperidine rings is 1. The van der Waals surface area contributed by atoms with Crippen molar-refractivity contribution in [1.82, 2.24) is 5.32 Å². The van der Waals surface area contributed by atoms with E-state index in [2.05, 4.69) is 5.32 Å². The van der Waals surface area contributed by atoms with Crippen LogP contribution in [0, 0.1) is 0 Å². The highest BCUT2D eigenvalue weighted by Crippen LogP contribution is 2.32. The zero-order valence-corrected chi connectivity index (χ0v) is 12.9. The first kappa shape index (κ1) is 17.0. The predicted molar refractivity (Wildman–Crippen MR) is 83.6 cm³/mol. The summed E-state index contributed by atoms with van der Waals surface area (Å²) in [5, 5.41) is 3.35. The lowest BCUT2D eigenvalue weighted by molar-refractivity contribution is -0.118. The summed E-state index contributed by atoms with van der Waals surface area (Å²) >= 11 is 0. The Hall–Kier alpha value is -1.10. The highest BCUT2D eigenvalue weighted by Gasteiger charge is 2.40. The quantitative estimate of drug-likeness (QED) is 0.927. The summed E-state index contributed by atoms with van der Waals surface area (Å²) in [5.41, 5.74) is 0.724. The van der Waals surface area contributed by atoms with E-state index in [9.17, 15) is 4.79 Å². The second kappa shape index (κ2) is 7.62. The zero-order chi connectivity index (χ0) is 13.7. The third-order valence-corrected chi connectivity index (χ3v) is 3.75. The molecule has 20 heavy (non-hydrogen) atoms. The molecule has 0 saturated carbocycles. The van der Waals surface area contributed by atoms with Crippen LogP contribution >= 0.6 is 12.4 Å². The van der Waals surface area contributed by atoms with Crippen LogP contribution in [0.5, 0.6) is 0 Å². The number of nitrogens with zero attached hydrogens (tertiary/aromatic N) is 1. The van der Waals surface area contributed by atoms with E-state index < -0.39 is 0 Å². The Kier molecular flexibility index (Phi) is 6.46. The summed E-state index contributed by atoms with van der Waals surface area (Å²) in [7, 11) is 1.70. The molecule has 1 aliphatic heterocycles. The summed E-state index contributed by atoms with van der Waals surface area (Å²) in [6.07, 6.45) is 1.82. The van der Waals surface area contributed by atoms with Gasteiger partial charge in [0.1, 0.15) is 0 Å². The van der Waals surface area contributed by atoms with Crippen LogP contribution < -0.4 is 10.2 Å². The molecule has 0 unspecified atom stereocenters. The molecular formula is C15H23ClN2O2. The van der Waals surface area contributed by atoms with Crippen molar-refractivity contribution < 1.29 is 9.53 Å². The summed E-state index contributed by atoms with van der Waals surface area (Å²) in [4.78, 5) is 14.1. The van der Waals surface area contributed by atoms with E-state index >= 15 is 0 Å². The van der Waals surface area contributed by atoms with Gasteiger partial charge in [0.15, 0.2) is 0 Å². The molecular weight excluding hydrogens is 276 g/mol. The molecule has 1 heterocycles. The maximum Gasteiger partial charge on any atom is 0.224 e. The number of rotatable bonds is 4. The van der Waals surface area contributed by atoms with Gasteiger partial charge < -0.3 is 15.0 Å². The number of hydrogen-bond donors (Lipinski definition) is 1. The van der Waals surface area contributed by atoms with Crippen LogP contribution in [0.2, 0.25) is 0 Å². The number of para-hydroxylation sites is 1. The van der Waals surface area contributed by atoms with Crippen molar-refractivity contribution in [2.45, 2.75) is 25.3 Å². The summed E-state index contributed by atoms with van der Waals surface area (Å²) in [6, 6.07) is 9.87. The third-order valence-electron chi connectivity index (χ3n) is 3.75. The van der Waals surface area contributed by atoms with Gasteiger partial charge >= 0.3 is 0 Å². The molecule has 0 spiro atoms. The molecule has 1 aliphatic rings. The van der Waals surface area contributed by atoms with Crippen molar-refractivity contribution in [2.24, 2.45) is 0 Å². The standard InChI is InChI=1S/C15H22N2O2.ClH/c1-13(18)17(14-6-4-3-5-7-14)15(12-19-2)8-10-16-11-9-15;/h3-7,16H,8-12H2,1-2H3;1H. The van der Waals surface area contributed by atoms with Gasteiger partial charge in [-0.2, -0.15) is 0 Å². The number of carbonyl (C=O) groups is 1. The van der Waals surface area contributed by atoms with Gasteiger partial charge in [0.2, 0.25) is 5.91 Å². The number of anilines is 1. The minimum absolute atomic E-state index is 0. The first-order valence-corrected chi connectivity index (χ1v) is 6.75. The van der Waals surface area contributed by atoms with Gasteiger partial charge in [-0.15, -0.1) is 12.4 Å². The molecule has 1 fully saturated rings. The molecule has 1 aromatic carbocycles. The van der Waals surface area contributed by atoms with E-state index in [4.69, 9.17) is 4.74 Å². The second-order valence-electron chi connectivity index (χ2n) is 5.10. The monoisotopic (exact) mass is 298 g/mol. The Morgan fingerprint density at radius 1 is 1.30 bits per heavy atom. The van der Waals surface area contributed by atoms with Crippen LogP contribution in [0.25, 0.3) is 0 Å². The van der Waals surface area contributed by atoms with E-state index in [1.165, 1.54) is 0 Å². The number of nitrogens with one attached hydrogen (secondary N) is 1. The average molecular weight is 299 g/mol. The number of amides is 1. The smallest absolute Gasteiger partial charge is 0.224 e. The summed E-state index contributed by atoms with van der Waals surface area (Å²) < 4.78 is 5.42. The molecule has 4 nitrogen and oxygen atoms in total. The summed E-state index contributed by atoms with van der Waals surface area (Å²) in [5.74, 6) is 0.0742. The van der Waals surface area contributed by atoms with Crippen LogP contribution in [0.1, 0.15) is 19.8 Å². The number of halogens is 1. The molecule has 1 saturated heterocycles. The van der Waals surface area contributed by atoms with Crippen molar-refractivity contribution in [3.05, 3.63) is 30.3 Å². The summed E-state index contributed by atoms with van der Waals surface area (Å²) in [6.45, 7) is 4.04. The number of hydrogen-bond acceptors (Lipinski definition) is 3. The molecule has 0 aromatic heterocycles. The Balaban J connectivity index is 0.00000200. The normalized spacial score (nSPS) is 17.1. The molecule has 1 aromatic rings. The van der Waals surface area contributed by atoms with E-state index in [1.54, 1.807) is 14.0 Å². The van der Waals surface area contributed by atoms with Crippen molar-refractivity contribution in [3.63, 3.8) is 0 Å². The SMILES string of the molecule is COCC1(N(C(C)=O)c2ccccc2)CCNCC1.Cl. The van der Waals surface area contributed by atoms with Gasteiger partial charge in [0.05, 0.1) is 12.1 Å². The lowest BCUT2D eigenvalue weighted by atomic mass is 9.86. The topological polar surface area (TPSA) is 41.6 Å². The molecule has 2 rings (SSSR count). The molecule has 0 aliphatic carbocycles. The van der Waals surface area contributed by atoms with Crippen molar-refractivity contribution in [1.29, 1.82) is 0 Å². The molecule has 112 valence electrons.